The minimum atomic E-state index is -0.149. The van der Waals surface area contributed by atoms with Crippen molar-refractivity contribution in [1.29, 1.82) is 0 Å². The summed E-state index contributed by atoms with van der Waals surface area (Å²) >= 11 is 0. The maximum atomic E-state index is 11.6. The molecule has 0 aliphatic carbocycles. The van der Waals surface area contributed by atoms with Crippen molar-refractivity contribution in [2.75, 3.05) is 20.6 Å². The molecule has 1 unspecified atom stereocenters. The molecule has 0 heterocycles. The predicted molar refractivity (Wildman–Crippen MR) is 60.2 cm³/mol. The third-order valence-electron chi connectivity index (χ3n) is 2.23. The Morgan fingerprint density at radius 3 is 2.29 bits per heavy atom. The zero-order chi connectivity index (χ0) is 11.4. The Bertz CT molecular complexity index is 188. The summed E-state index contributed by atoms with van der Waals surface area (Å²) in [5.41, 5.74) is -0.149. The Hall–Kier alpha value is -0.570. The fourth-order valence-electron chi connectivity index (χ4n) is 1.47. The molecule has 0 aliphatic rings. The monoisotopic (exact) mass is 200 g/mol. The number of hydrogen-bond donors (Lipinski definition) is 1. The van der Waals surface area contributed by atoms with Crippen LogP contribution in [0.15, 0.2) is 0 Å². The van der Waals surface area contributed by atoms with Crippen LogP contribution < -0.4 is 5.32 Å². The Morgan fingerprint density at radius 1 is 1.43 bits per heavy atom. The van der Waals surface area contributed by atoms with Crippen LogP contribution in [0, 0.1) is 5.92 Å². The third-order valence-corrected chi connectivity index (χ3v) is 2.23. The van der Waals surface area contributed by atoms with Crippen molar-refractivity contribution in [1.82, 2.24) is 10.2 Å². The summed E-state index contributed by atoms with van der Waals surface area (Å²) in [4.78, 5) is 13.7. The highest BCUT2D eigenvalue weighted by Gasteiger charge is 2.23. The van der Waals surface area contributed by atoms with E-state index in [1.54, 1.807) is 0 Å². The minimum Gasteiger partial charge on any atom is -0.350 e. The molecule has 0 radical (unpaired) electrons. The van der Waals surface area contributed by atoms with Crippen LogP contribution in [0.25, 0.3) is 0 Å². The second kappa shape index (κ2) is 5.35. The third kappa shape index (κ3) is 5.22. The number of hydrogen-bond acceptors (Lipinski definition) is 2. The zero-order valence-corrected chi connectivity index (χ0v) is 10.3. The summed E-state index contributed by atoms with van der Waals surface area (Å²) in [5, 5.41) is 3.06. The van der Waals surface area contributed by atoms with Gasteiger partial charge in [0.05, 0.1) is 0 Å². The van der Waals surface area contributed by atoms with Gasteiger partial charge in [-0.25, -0.2) is 0 Å². The van der Waals surface area contributed by atoms with Crippen molar-refractivity contribution >= 4 is 5.91 Å². The Kier molecular flexibility index (Phi) is 5.13. The van der Waals surface area contributed by atoms with Crippen LogP contribution in [-0.4, -0.2) is 37.0 Å². The van der Waals surface area contributed by atoms with Gasteiger partial charge in [0.15, 0.2) is 0 Å². The molecule has 0 aliphatic heterocycles. The number of rotatable bonds is 5. The number of amides is 1. The quantitative estimate of drug-likeness (QED) is 0.729. The lowest BCUT2D eigenvalue weighted by Crippen LogP contribution is -2.51. The molecule has 1 N–H and O–H groups in total. The second-order valence-corrected chi connectivity index (χ2v) is 4.92. The van der Waals surface area contributed by atoms with Gasteiger partial charge in [-0.1, -0.05) is 13.8 Å². The van der Waals surface area contributed by atoms with E-state index in [0.717, 1.165) is 13.0 Å². The van der Waals surface area contributed by atoms with Crippen LogP contribution in [0.4, 0.5) is 0 Å². The molecule has 84 valence electrons. The molecule has 0 saturated heterocycles. The van der Waals surface area contributed by atoms with Gasteiger partial charge in [0.2, 0.25) is 5.91 Å². The van der Waals surface area contributed by atoms with Crippen molar-refractivity contribution in [2.24, 2.45) is 5.92 Å². The van der Waals surface area contributed by atoms with Gasteiger partial charge in [0.25, 0.3) is 0 Å². The lowest BCUT2D eigenvalue weighted by Gasteiger charge is -2.30. The summed E-state index contributed by atoms with van der Waals surface area (Å²) in [5.74, 6) is 0.260. The first-order valence-corrected chi connectivity index (χ1v) is 5.25. The van der Waals surface area contributed by atoms with Gasteiger partial charge in [0, 0.05) is 18.0 Å². The predicted octanol–water partition coefficient (Wildman–Crippen LogP) is 1.49. The Morgan fingerprint density at radius 2 is 1.93 bits per heavy atom. The van der Waals surface area contributed by atoms with E-state index in [0.29, 0.717) is 0 Å². The van der Waals surface area contributed by atoms with Gasteiger partial charge < -0.3 is 10.2 Å². The Labute approximate surface area is 87.9 Å². The zero-order valence-electron chi connectivity index (χ0n) is 10.3. The first kappa shape index (κ1) is 13.4. The van der Waals surface area contributed by atoms with Gasteiger partial charge in [-0.3, -0.25) is 4.79 Å². The van der Waals surface area contributed by atoms with Crippen LogP contribution in [-0.2, 0) is 4.79 Å². The van der Waals surface area contributed by atoms with E-state index in [1.165, 1.54) is 0 Å². The number of nitrogens with zero attached hydrogens (tertiary/aromatic N) is 1. The van der Waals surface area contributed by atoms with E-state index in [4.69, 9.17) is 0 Å². The molecule has 3 nitrogen and oxygen atoms in total. The van der Waals surface area contributed by atoms with Crippen LogP contribution >= 0.6 is 0 Å². The van der Waals surface area contributed by atoms with Crippen LogP contribution in [0.1, 0.15) is 34.1 Å². The van der Waals surface area contributed by atoms with E-state index >= 15 is 0 Å². The lowest BCUT2D eigenvalue weighted by molar-refractivity contribution is -0.126. The lowest BCUT2D eigenvalue weighted by atomic mass is 10.0. The van der Waals surface area contributed by atoms with Gasteiger partial charge >= 0.3 is 0 Å². The van der Waals surface area contributed by atoms with Crippen molar-refractivity contribution in [3.05, 3.63) is 0 Å². The van der Waals surface area contributed by atoms with Crippen molar-refractivity contribution in [3.63, 3.8) is 0 Å². The molecule has 0 bridgehead atoms. The largest absolute Gasteiger partial charge is 0.350 e. The maximum Gasteiger partial charge on any atom is 0.223 e. The molecule has 0 aromatic rings. The van der Waals surface area contributed by atoms with E-state index in [1.807, 2.05) is 41.8 Å². The maximum absolute atomic E-state index is 11.6. The van der Waals surface area contributed by atoms with Crippen molar-refractivity contribution in [2.45, 2.75) is 39.7 Å². The first-order valence-electron chi connectivity index (χ1n) is 5.25. The van der Waals surface area contributed by atoms with E-state index in [9.17, 15) is 4.79 Å². The molecular weight excluding hydrogens is 176 g/mol. The Balaban J connectivity index is 4.14. The summed E-state index contributed by atoms with van der Waals surface area (Å²) < 4.78 is 0. The molecule has 1 atom stereocenters. The highest BCUT2D eigenvalue weighted by Crippen LogP contribution is 2.07. The van der Waals surface area contributed by atoms with E-state index < -0.39 is 0 Å². The highest BCUT2D eigenvalue weighted by atomic mass is 16.2. The summed E-state index contributed by atoms with van der Waals surface area (Å²) in [6.07, 6.45) is 0.893. The number of likely N-dealkylation sites (N-methyl/N-ethyl adjacent to an activating group) is 1. The first-order chi connectivity index (χ1) is 6.28. The minimum absolute atomic E-state index is 0.108. The number of nitrogens with one attached hydrogen (secondary N) is 1. The van der Waals surface area contributed by atoms with Gasteiger partial charge in [-0.05, 0) is 34.4 Å². The van der Waals surface area contributed by atoms with Crippen LogP contribution in [0.5, 0.6) is 0 Å². The highest BCUT2D eigenvalue weighted by molar-refractivity contribution is 5.78. The molecule has 14 heavy (non-hydrogen) atoms. The summed E-state index contributed by atoms with van der Waals surface area (Å²) in [6, 6.07) is 0. The molecular formula is C11H24N2O. The van der Waals surface area contributed by atoms with Gasteiger partial charge in [-0.2, -0.15) is 0 Å². The molecule has 0 fully saturated rings. The molecule has 0 rings (SSSR count). The standard InChI is InChI=1S/C11H24N2O/c1-7-9(2)10(14)12-11(3,4)8-13(5)6/h9H,7-8H2,1-6H3,(H,12,14). The summed E-state index contributed by atoms with van der Waals surface area (Å²) in [7, 11) is 4.02. The number of carbonyl (C=O) groups excluding carboxylic acids is 1. The fourth-order valence-corrected chi connectivity index (χ4v) is 1.47. The fraction of sp³-hybridized carbons (Fsp3) is 0.909. The molecule has 0 spiro atoms. The topological polar surface area (TPSA) is 32.3 Å². The SMILES string of the molecule is CCC(C)C(=O)NC(C)(C)CN(C)C. The van der Waals surface area contributed by atoms with Gasteiger partial charge in [0.1, 0.15) is 0 Å². The average Bonchev–Trinajstić information content (AvgIpc) is 1.99. The van der Waals surface area contributed by atoms with Crippen LogP contribution in [0.3, 0.4) is 0 Å². The van der Waals surface area contributed by atoms with Gasteiger partial charge in [-0.15, -0.1) is 0 Å². The number of carbonyl (C=O) groups is 1. The summed E-state index contributed by atoms with van der Waals surface area (Å²) in [6.45, 7) is 8.94. The van der Waals surface area contributed by atoms with Crippen molar-refractivity contribution < 1.29 is 4.79 Å². The van der Waals surface area contributed by atoms with E-state index in [2.05, 4.69) is 10.2 Å². The molecule has 3 heteroatoms. The second-order valence-electron chi connectivity index (χ2n) is 4.92. The average molecular weight is 200 g/mol. The van der Waals surface area contributed by atoms with Crippen molar-refractivity contribution in [3.8, 4) is 0 Å². The smallest absolute Gasteiger partial charge is 0.223 e. The normalized spacial score (nSPS) is 14.2. The van der Waals surface area contributed by atoms with E-state index in [-0.39, 0.29) is 17.4 Å². The molecule has 0 aromatic heterocycles. The molecule has 1 amide bonds. The van der Waals surface area contributed by atoms with Crippen LogP contribution in [0.2, 0.25) is 0 Å². The molecule has 0 saturated carbocycles. The molecule has 0 aromatic carbocycles.